The number of aliphatic carboxylic acids is 2. The van der Waals surface area contributed by atoms with Crippen LogP contribution in [0.25, 0.3) is 0 Å². The molecule has 0 spiro atoms. The van der Waals surface area contributed by atoms with E-state index in [9.17, 15) is 9.59 Å². The van der Waals surface area contributed by atoms with Gasteiger partial charge in [0.15, 0.2) is 0 Å². The van der Waals surface area contributed by atoms with Crippen LogP contribution in [0.3, 0.4) is 0 Å². The zero-order chi connectivity index (χ0) is 29.4. The summed E-state index contributed by atoms with van der Waals surface area (Å²) in [6.07, 6.45) is 19.1. The quantitative estimate of drug-likeness (QED) is 0.110. The fourth-order valence-electron chi connectivity index (χ4n) is 4.90. The maximum atomic E-state index is 10.5. The molecule has 0 aliphatic carbocycles. The van der Waals surface area contributed by atoms with E-state index in [4.69, 9.17) is 19.7 Å². The molecule has 0 radical (unpaired) electrons. The van der Waals surface area contributed by atoms with Crippen molar-refractivity contribution in [3.05, 3.63) is 59.7 Å². The van der Waals surface area contributed by atoms with Gasteiger partial charge in [-0.25, -0.2) is 0 Å². The Morgan fingerprint density at radius 2 is 0.732 bits per heavy atom. The Labute approximate surface area is 247 Å². The molecule has 41 heavy (non-hydrogen) atoms. The molecule has 2 N–H and O–H groups in total. The lowest BCUT2D eigenvalue weighted by Crippen LogP contribution is -1.98. The van der Waals surface area contributed by atoms with Gasteiger partial charge in [0.25, 0.3) is 0 Å². The Morgan fingerprint density at radius 1 is 0.439 bits per heavy atom. The highest BCUT2D eigenvalue weighted by Gasteiger charge is 2.02. The number of carboxylic acids is 2. The third kappa shape index (κ3) is 18.9. The Balaban J connectivity index is 1.47. The molecule has 0 fully saturated rings. The first-order chi connectivity index (χ1) is 20.0. The third-order valence-corrected chi connectivity index (χ3v) is 7.36. The van der Waals surface area contributed by atoms with Crippen LogP contribution in [0.15, 0.2) is 48.5 Å². The summed E-state index contributed by atoms with van der Waals surface area (Å²) in [6.45, 7) is 1.49. The molecule has 228 valence electrons. The summed E-state index contributed by atoms with van der Waals surface area (Å²) in [6, 6.07) is 16.8. The molecule has 0 atom stereocenters. The summed E-state index contributed by atoms with van der Waals surface area (Å²) in [5.41, 5.74) is 2.52. The summed E-state index contributed by atoms with van der Waals surface area (Å²) in [7, 11) is 0. The van der Waals surface area contributed by atoms with Crippen LogP contribution in [0.4, 0.5) is 0 Å². The van der Waals surface area contributed by atoms with Gasteiger partial charge in [0.2, 0.25) is 0 Å². The standard InChI is InChI=1S/C35H52O6/c36-34(37)17-13-9-5-1-3-7-11-15-27-40-32-23-19-30(20-24-32)29-31-21-25-33(26-22-31)41-28-16-12-8-4-2-6-10-14-18-35(38)39/h19-26H,1-18,27-29H2,(H,36,37)(H,38,39). The monoisotopic (exact) mass is 568 g/mol. The van der Waals surface area contributed by atoms with Gasteiger partial charge >= 0.3 is 11.9 Å². The summed E-state index contributed by atoms with van der Waals surface area (Å²) in [4.78, 5) is 21.0. The van der Waals surface area contributed by atoms with E-state index < -0.39 is 11.9 Å². The Morgan fingerprint density at radius 3 is 1.05 bits per heavy atom. The van der Waals surface area contributed by atoms with E-state index in [2.05, 4.69) is 48.5 Å². The first kappa shape index (κ1) is 34.2. The van der Waals surface area contributed by atoms with Gasteiger partial charge in [-0.2, -0.15) is 0 Å². The van der Waals surface area contributed by atoms with Crippen molar-refractivity contribution < 1.29 is 29.3 Å². The minimum atomic E-state index is -0.689. The molecule has 0 amide bonds. The van der Waals surface area contributed by atoms with E-state index in [0.717, 1.165) is 82.5 Å². The number of rotatable bonds is 26. The second kappa shape index (κ2) is 22.6. The highest BCUT2D eigenvalue weighted by Crippen LogP contribution is 2.19. The normalized spacial score (nSPS) is 10.9. The fourth-order valence-corrected chi connectivity index (χ4v) is 4.90. The molecule has 0 heterocycles. The predicted octanol–water partition coefficient (Wildman–Crippen LogP) is 9.23. The minimum Gasteiger partial charge on any atom is -0.494 e. The van der Waals surface area contributed by atoms with Crippen LogP contribution in [0.1, 0.15) is 127 Å². The lowest BCUT2D eigenvalue weighted by Gasteiger charge is -2.09. The van der Waals surface area contributed by atoms with E-state index >= 15 is 0 Å². The Bertz CT molecular complexity index is 861. The molecule has 0 saturated heterocycles. The van der Waals surface area contributed by atoms with Crippen molar-refractivity contribution in [1.29, 1.82) is 0 Å². The first-order valence-electron chi connectivity index (χ1n) is 15.9. The number of hydrogen-bond acceptors (Lipinski definition) is 4. The molecular weight excluding hydrogens is 516 g/mol. The number of carboxylic acid groups (broad SMARTS) is 2. The van der Waals surface area contributed by atoms with E-state index in [-0.39, 0.29) is 0 Å². The molecule has 0 unspecified atom stereocenters. The van der Waals surface area contributed by atoms with Crippen LogP contribution >= 0.6 is 0 Å². The van der Waals surface area contributed by atoms with E-state index in [0.29, 0.717) is 12.8 Å². The van der Waals surface area contributed by atoms with E-state index in [1.165, 1.54) is 62.5 Å². The minimum absolute atomic E-state index is 0.297. The predicted molar refractivity (Wildman–Crippen MR) is 165 cm³/mol. The lowest BCUT2D eigenvalue weighted by molar-refractivity contribution is -0.138. The van der Waals surface area contributed by atoms with Crippen LogP contribution in [0, 0.1) is 0 Å². The molecule has 0 aromatic heterocycles. The molecule has 2 aromatic rings. The fraction of sp³-hybridized carbons (Fsp3) is 0.600. The molecule has 0 aliphatic heterocycles. The number of carbonyl (C=O) groups is 2. The Kier molecular flexibility index (Phi) is 18.9. The van der Waals surface area contributed by atoms with Crippen molar-refractivity contribution in [3.63, 3.8) is 0 Å². The van der Waals surface area contributed by atoms with Crippen molar-refractivity contribution in [3.8, 4) is 11.5 Å². The average molecular weight is 569 g/mol. The topological polar surface area (TPSA) is 93.1 Å². The van der Waals surface area contributed by atoms with Gasteiger partial charge in [0.05, 0.1) is 13.2 Å². The van der Waals surface area contributed by atoms with Crippen LogP contribution in [0.5, 0.6) is 11.5 Å². The van der Waals surface area contributed by atoms with Crippen molar-refractivity contribution in [2.75, 3.05) is 13.2 Å². The molecule has 2 aromatic carbocycles. The average Bonchev–Trinajstić information content (AvgIpc) is 2.96. The van der Waals surface area contributed by atoms with Gasteiger partial charge in [-0.15, -0.1) is 0 Å². The summed E-state index contributed by atoms with van der Waals surface area (Å²) in [5, 5.41) is 17.3. The molecule has 2 rings (SSSR count). The zero-order valence-electron chi connectivity index (χ0n) is 25.0. The number of benzene rings is 2. The van der Waals surface area contributed by atoms with Crippen LogP contribution in [0.2, 0.25) is 0 Å². The molecular formula is C35H52O6. The number of unbranched alkanes of at least 4 members (excludes halogenated alkanes) is 14. The third-order valence-electron chi connectivity index (χ3n) is 7.36. The summed E-state index contributed by atoms with van der Waals surface area (Å²) in [5.74, 6) is 0.468. The van der Waals surface area contributed by atoms with Crippen molar-refractivity contribution >= 4 is 11.9 Å². The van der Waals surface area contributed by atoms with Gasteiger partial charge in [0, 0.05) is 12.8 Å². The highest BCUT2D eigenvalue weighted by molar-refractivity contribution is 5.66. The molecule has 6 nitrogen and oxygen atoms in total. The van der Waals surface area contributed by atoms with Crippen molar-refractivity contribution in [1.82, 2.24) is 0 Å². The molecule has 6 heteroatoms. The largest absolute Gasteiger partial charge is 0.494 e. The number of ether oxygens (including phenoxy) is 2. The van der Waals surface area contributed by atoms with Gasteiger partial charge < -0.3 is 19.7 Å². The molecule has 0 aliphatic rings. The molecule has 0 bridgehead atoms. The van der Waals surface area contributed by atoms with Gasteiger partial charge in [-0.1, -0.05) is 101 Å². The second-order valence-corrected chi connectivity index (χ2v) is 11.1. The van der Waals surface area contributed by atoms with Gasteiger partial charge in [-0.3, -0.25) is 9.59 Å². The SMILES string of the molecule is O=C(O)CCCCCCCCCCOc1ccc(Cc2ccc(OCCCCCCCCCCC(=O)O)cc2)cc1. The maximum Gasteiger partial charge on any atom is 0.303 e. The summed E-state index contributed by atoms with van der Waals surface area (Å²) < 4.78 is 11.8. The van der Waals surface area contributed by atoms with Crippen LogP contribution < -0.4 is 9.47 Å². The van der Waals surface area contributed by atoms with Gasteiger partial charge in [0.1, 0.15) is 11.5 Å². The highest BCUT2D eigenvalue weighted by atomic mass is 16.5. The van der Waals surface area contributed by atoms with Crippen LogP contribution in [-0.2, 0) is 16.0 Å². The second-order valence-electron chi connectivity index (χ2n) is 11.1. The molecule has 0 saturated carbocycles. The van der Waals surface area contributed by atoms with Gasteiger partial charge in [-0.05, 0) is 67.5 Å². The van der Waals surface area contributed by atoms with Crippen LogP contribution in [-0.4, -0.2) is 35.4 Å². The zero-order valence-corrected chi connectivity index (χ0v) is 25.0. The van der Waals surface area contributed by atoms with Crippen molar-refractivity contribution in [2.45, 2.75) is 122 Å². The maximum absolute atomic E-state index is 10.5. The summed E-state index contributed by atoms with van der Waals surface area (Å²) >= 11 is 0. The van der Waals surface area contributed by atoms with E-state index in [1.807, 2.05) is 0 Å². The number of hydrogen-bond donors (Lipinski definition) is 2. The first-order valence-corrected chi connectivity index (χ1v) is 15.9. The van der Waals surface area contributed by atoms with Crippen molar-refractivity contribution in [2.24, 2.45) is 0 Å². The lowest BCUT2D eigenvalue weighted by atomic mass is 10.0. The smallest absolute Gasteiger partial charge is 0.303 e. The Hall–Kier alpha value is -3.02. The van der Waals surface area contributed by atoms with E-state index in [1.54, 1.807) is 0 Å².